The molecule has 0 saturated carbocycles. The van der Waals surface area contributed by atoms with E-state index < -0.39 is 0 Å². The third kappa shape index (κ3) is 1.85. The molecular formula is C14H20N2. The monoisotopic (exact) mass is 216 g/mol. The summed E-state index contributed by atoms with van der Waals surface area (Å²) >= 11 is 0. The Balaban J connectivity index is 2.53. The third-order valence-electron chi connectivity index (χ3n) is 3.31. The second-order valence-electron chi connectivity index (χ2n) is 4.63. The van der Waals surface area contributed by atoms with Gasteiger partial charge in [0.2, 0.25) is 0 Å². The number of nitrogens with one attached hydrogen (secondary N) is 1. The van der Waals surface area contributed by atoms with E-state index in [1.807, 2.05) is 7.05 Å². The second kappa shape index (κ2) is 4.30. The Labute approximate surface area is 97.3 Å². The van der Waals surface area contributed by atoms with Gasteiger partial charge in [-0.1, -0.05) is 12.1 Å². The molecule has 0 spiro atoms. The first-order valence-electron chi connectivity index (χ1n) is 5.84. The van der Waals surface area contributed by atoms with Crippen LogP contribution in [-0.4, -0.2) is 17.7 Å². The first-order chi connectivity index (χ1) is 7.63. The molecule has 16 heavy (non-hydrogen) atoms. The molecule has 2 rings (SSSR count). The van der Waals surface area contributed by atoms with E-state index in [2.05, 4.69) is 55.2 Å². The van der Waals surface area contributed by atoms with E-state index in [9.17, 15) is 0 Å². The zero-order valence-electron chi connectivity index (χ0n) is 10.5. The molecule has 86 valence electrons. The smallest absolute Gasteiger partial charge is 0.0483 e. The van der Waals surface area contributed by atoms with Crippen LogP contribution in [0.15, 0.2) is 24.4 Å². The predicted molar refractivity (Wildman–Crippen MR) is 69.9 cm³/mol. The molecule has 1 N–H and O–H groups in total. The lowest BCUT2D eigenvalue weighted by Crippen LogP contribution is -2.23. The topological polar surface area (TPSA) is 17.0 Å². The first-order valence-corrected chi connectivity index (χ1v) is 5.84. The lowest BCUT2D eigenvalue weighted by Gasteiger charge is -2.11. The summed E-state index contributed by atoms with van der Waals surface area (Å²) in [4.78, 5) is 0. The van der Waals surface area contributed by atoms with Gasteiger partial charge in [0.05, 0.1) is 0 Å². The molecule has 0 aliphatic carbocycles. The van der Waals surface area contributed by atoms with Gasteiger partial charge in [0.1, 0.15) is 0 Å². The third-order valence-corrected chi connectivity index (χ3v) is 3.31. The van der Waals surface area contributed by atoms with Crippen molar-refractivity contribution in [3.8, 4) is 0 Å². The molecule has 1 atom stereocenters. The molecule has 1 aromatic carbocycles. The number of aryl methyl sites for hydroxylation is 2. The molecule has 0 radical (unpaired) electrons. The van der Waals surface area contributed by atoms with Gasteiger partial charge in [-0.2, -0.15) is 0 Å². The van der Waals surface area contributed by atoms with Crippen LogP contribution in [0.4, 0.5) is 0 Å². The van der Waals surface area contributed by atoms with E-state index in [0.717, 1.165) is 6.42 Å². The van der Waals surface area contributed by atoms with E-state index in [1.54, 1.807) is 0 Å². The van der Waals surface area contributed by atoms with Crippen LogP contribution >= 0.6 is 0 Å². The van der Waals surface area contributed by atoms with Crippen LogP contribution in [-0.2, 0) is 13.5 Å². The Morgan fingerprint density at radius 2 is 2.12 bits per heavy atom. The molecule has 0 aliphatic rings. The summed E-state index contributed by atoms with van der Waals surface area (Å²) in [6, 6.07) is 7.10. The van der Waals surface area contributed by atoms with Crippen LogP contribution in [0.25, 0.3) is 10.9 Å². The van der Waals surface area contributed by atoms with Gasteiger partial charge < -0.3 is 9.88 Å². The molecule has 2 aromatic rings. The Morgan fingerprint density at radius 3 is 2.81 bits per heavy atom. The van der Waals surface area contributed by atoms with Crippen molar-refractivity contribution in [3.05, 3.63) is 35.5 Å². The van der Waals surface area contributed by atoms with Gasteiger partial charge in [-0.05, 0) is 44.5 Å². The summed E-state index contributed by atoms with van der Waals surface area (Å²) in [5.41, 5.74) is 4.15. The summed E-state index contributed by atoms with van der Waals surface area (Å²) in [7, 11) is 4.13. The Kier molecular flexibility index (Phi) is 3.01. The fraction of sp³-hybridized carbons (Fsp3) is 0.429. The highest BCUT2D eigenvalue weighted by Gasteiger charge is 2.09. The van der Waals surface area contributed by atoms with Crippen LogP contribution in [0, 0.1) is 6.92 Å². The van der Waals surface area contributed by atoms with E-state index in [0.29, 0.717) is 6.04 Å². The lowest BCUT2D eigenvalue weighted by atomic mass is 10.0. The van der Waals surface area contributed by atoms with Crippen LogP contribution < -0.4 is 5.32 Å². The second-order valence-corrected chi connectivity index (χ2v) is 4.63. The Bertz CT molecular complexity index is 497. The molecule has 1 aromatic heterocycles. The molecule has 0 bridgehead atoms. The van der Waals surface area contributed by atoms with Crippen molar-refractivity contribution in [2.24, 2.45) is 7.05 Å². The summed E-state index contributed by atoms with van der Waals surface area (Å²) in [6.45, 7) is 4.41. The minimum atomic E-state index is 0.519. The number of likely N-dealkylation sites (N-methyl/N-ethyl adjacent to an activating group) is 1. The summed E-state index contributed by atoms with van der Waals surface area (Å²) in [5.74, 6) is 0. The molecule has 0 fully saturated rings. The maximum absolute atomic E-state index is 3.30. The van der Waals surface area contributed by atoms with E-state index in [-0.39, 0.29) is 0 Å². The highest BCUT2D eigenvalue weighted by atomic mass is 14.9. The highest BCUT2D eigenvalue weighted by molar-refractivity contribution is 5.87. The Morgan fingerprint density at radius 1 is 1.38 bits per heavy atom. The number of hydrogen-bond donors (Lipinski definition) is 1. The fourth-order valence-corrected chi connectivity index (χ4v) is 2.36. The van der Waals surface area contributed by atoms with E-state index >= 15 is 0 Å². The van der Waals surface area contributed by atoms with Crippen LogP contribution in [0.2, 0.25) is 0 Å². The average Bonchev–Trinajstić information content (AvgIpc) is 2.56. The Hall–Kier alpha value is -1.28. The molecule has 0 saturated heterocycles. The molecule has 1 unspecified atom stereocenters. The van der Waals surface area contributed by atoms with E-state index in [1.165, 1.54) is 22.0 Å². The van der Waals surface area contributed by atoms with Crippen molar-refractivity contribution in [3.63, 3.8) is 0 Å². The van der Waals surface area contributed by atoms with Crippen molar-refractivity contribution < 1.29 is 0 Å². The van der Waals surface area contributed by atoms with Gasteiger partial charge in [0.25, 0.3) is 0 Å². The molecule has 2 nitrogen and oxygen atoms in total. The minimum absolute atomic E-state index is 0.519. The van der Waals surface area contributed by atoms with Crippen LogP contribution in [0.1, 0.15) is 18.1 Å². The number of benzene rings is 1. The summed E-state index contributed by atoms with van der Waals surface area (Å²) in [6.07, 6.45) is 3.29. The zero-order valence-corrected chi connectivity index (χ0v) is 10.5. The largest absolute Gasteiger partial charge is 0.350 e. The maximum atomic E-state index is 3.30. The molecule has 0 aliphatic heterocycles. The van der Waals surface area contributed by atoms with Gasteiger partial charge in [0, 0.05) is 30.2 Å². The quantitative estimate of drug-likeness (QED) is 0.834. The first kappa shape index (κ1) is 11.2. The van der Waals surface area contributed by atoms with Crippen molar-refractivity contribution in [1.82, 2.24) is 9.88 Å². The summed E-state index contributed by atoms with van der Waals surface area (Å²) in [5, 5.41) is 4.72. The molecule has 0 amide bonds. The van der Waals surface area contributed by atoms with Crippen molar-refractivity contribution in [2.75, 3.05) is 7.05 Å². The SMILES string of the molecule is CNC(C)Cc1cccc2c1c(C)cn2C. The summed E-state index contributed by atoms with van der Waals surface area (Å²) < 4.78 is 2.21. The lowest BCUT2D eigenvalue weighted by molar-refractivity contribution is 0.610. The van der Waals surface area contributed by atoms with Crippen LogP contribution in [0.5, 0.6) is 0 Å². The standard InChI is InChI=1S/C14H20N2/c1-10-9-16(4)13-7-5-6-12(14(10)13)8-11(2)15-3/h5-7,9,11,15H,8H2,1-4H3. The maximum Gasteiger partial charge on any atom is 0.0483 e. The molecule has 2 heteroatoms. The van der Waals surface area contributed by atoms with E-state index in [4.69, 9.17) is 0 Å². The number of fused-ring (bicyclic) bond motifs is 1. The highest BCUT2D eigenvalue weighted by Crippen LogP contribution is 2.24. The van der Waals surface area contributed by atoms with Gasteiger partial charge in [0.15, 0.2) is 0 Å². The molecule has 1 heterocycles. The predicted octanol–water partition coefficient (Wildman–Crippen LogP) is 2.64. The number of aromatic nitrogens is 1. The number of rotatable bonds is 3. The van der Waals surface area contributed by atoms with Crippen molar-refractivity contribution >= 4 is 10.9 Å². The normalized spacial score (nSPS) is 13.2. The minimum Gasteiger partial charge on any atom is -0.350 e. The van der Waals surface area contributed by atoms with Gasteiger partial charge in [-0.3, -0.25) is 0 Å². The zero-order chi connectivity index (χ0) is 11.7. The van der Waals surface area contributed by atoms with Crippen LogP contribution in [0.3, 0.4) is 0 Å². The number of hydrogen-bond acceptors (Lipinski definition) is 1. The van der Waals surface area contributed by atoms with Gasteiger partial charge in [-0.15, -0.1) is 0 Å². The van der Waals surface area contributed by atoms with Gasteiger partial charge in [-0.25, -0.2) is 0 Å². The van der Waals surface area contributed by atoms with Crippen molar-refractivity contribution in [2.45, 2.75) is 26.3 Å². The average molecular weight is 216 g/mol. The number of nitrogens with zero attached hydrogens (tertiary/aromatic N) is 1. The van der Waals surface area contributed by atoms with Crippen molar-refractivity contribution in [1.29, 1.82) is 0 Å². The van der Waals surface area contributed by atoms with Gasteiger partial charge >= 0.3 is 0 Å². The molecular weight excluding hydrogens is 196 g/mol. The fourth-order valence-electron chi connectivity index (χ4n) is 2.36.